The number of methoxy groups -OCH3 is 1. The number of hydrogen-bond donors (Lipinski definition) is 3. The van der Waals surface area contributed by atoms with Crippen molar-refractivity contribution < 1.29 is 9.53 Å². The second kappa shape index (κ2) is 8.63. The minimum absolute atomic E-state index is 0.0820. The van der Waals surface area contributed by atoms with Crippen LogP contribution in [0.5, 0.6) is 5.75 Å². The van der Waals surface area contributed by atoms with E-state index in [1.165, 1.54) is 0 Å². The molecule has 2 aromatic heterocycles. The number of carbonyl (C=O) groups excluding carboxylic acids is 1. The zero-order chi connectivity index (χ0) is 22.9. The Labute approximate surface area is 193 Å². The number of amides is 1. The second-order valence-corrected chi connectivity index (χ2v) is 9.10. The van der Waals surface area contributed by atoms with Gasteiger partial charge in [-0.3, -0.25) is 9.78 Å². The minimum atomic E-state index is -0.515. The summed E-state index contributed by atoms with van der Waals surface area (Å²) in [6.07, 6.45) is 3.68. The molecule has 7 nitrogen and oxygen atoms in total. The average Bonchev–Trinajstić information content (AvgIpc) is 3.41. The molecule has 1 amide bonds. The molecule has 2 atom stereocenters. The molecule has 1 fully saturated rings. The number of aromatic nitrogens is 2. The number of ether oxygens (including phenoxy) is 1. The summed E-state index contributed by atoms with van der Waals surface area (Å²) >= 11 is 5.74. The lowest BCUT2D eigenvalue weighted by atomic mass is 9.95. The van der Waals surface area contributed by atoms with Crippen molar-refractivity contribution in [1.82, 2.24) is 15.3 Å². The van der Waals surface area contributed by atoms with Gasteiger partial charge in [-0.2, -0.15) is 0 Å². The number of thiocarbonyl (C=S) groups is 1. The number of pyridine rings is 1. The summed E-state index contributed by atoms with van der Waals surface area (Å²) in [7, 11) is 1.59. The van der Waals surface area contributed by atoms with Crippen molar-refractivity contribution in [1.29, 1.82) is 0 Å². The molecule has 1 aliphatic heterocycles. The fraction of sp³-hybridized carbons (Fsp3) is 0.292. The Morgan fingerprint density at radius 1 is 1.19 bits per heavy atom. The van der Waals surface area contributed by atoms with Crippen molar-refractivity contribution in [2.45, 2.75) is 32.9 Å². The van der Waals surface area contributed by atoms with Crippen LogP contribution in [0.2, 0.25) is 0 Å². The van der Waals surface area contributed by atoms with Crippen LogP contribution in [0.4, 0.5) is 11.4 Å². The van der Waals surface area contributed by atoms with Crippen molar-refractivity contribution in [2.24, 2.45) is 5.41 Å². The lowest BCUT2D eigenvalue weighted by Crippen LogP contribution is -2.30. The number of benzene rings is 1. The van der Waals surface area contributed by atoms with Crippen LogP contribution < -0.4 is 20.3 Å². The SMILES string of the molecule is COc1cc(N2C(=S)N[C@H](c3ccccn3)[C@@H]2c2ccc[nH]2)ccc1NC(=O)C(C)(C)C. The molecule has 32 heavy (non-hydrogen) atoms. The predicted molar refractivity (Wildman–Crippen MR) is 130 cm³/mol. The van der Waals surface area contributed by atoms with Gasteiger partial charge in [0.15, 0.2) is 5.11 Å². The number of aromatic amines is 1. The van der Waals surface area contributed by atoms with E-state index in [1.807, 2.05) is 75.5 Å². The highest BCUT2D eigenvalue weighted by molar-refractivity contribution is 7.80. The first-order chi connectivity index (χ1) is 15.3. The molecule has 4 rings (SSSR count). The van der Waals surface area contributed by atoms with Crippen molar-refractivity contribution in [3.63, 3.8) is 0 Å². The van der Waals surface area contributed by atoms with Gasteiger partial charge in [0.1, 0.15) is 11.8 Å². The van der Waals surface area contributed by atoms with Crippen molar-refractivity contribution in [3.05, 3.63) is 72.3 Å². The first-order valence-corrected chi connectivity index (χ1v) is 10.8. The molecule has 3 aromatic rings. The van der Waals surface area contributed by atoms with Crippen LogP contribution >= 0.6 is 12.2 Å². The number of anilines is 2. The lowest BCUT2D eigenvalue weighted by molar-refractivity contribution is -0.123. The van der Waals surface area contributed by atoms with Gasteiger partial charge in [-0.25, -0.2) is 0 Å². The summed E-state index contributed by atoms with van der Waals surface area (Å²) in [5.74, 6) is 0.482. The fourth-order valence-corrected chi connectivity index (χ4v) is 4.07. The van der Waals surface area contributed by atoms with Gasteiger partial charge in [-0.1, -0.05) is 26.8 Å². The summed E-state index contributed by atoms with van der Waals surface area (Å²) in [6, 6.07) is 15.3. The van der Waals surface area contributed by atoms with E-state index in [4.69, 9.17) is 17.0 Å². The number of H-pyrrole nitrogens is 1. The third-order valence-corrected chi connectivity index (χ3v) is 5.75. The van der Waals surface area contributed by atoms with Gasteiger partial charge in [-0.05, 0) is 48.6 Å². The molecule has 0 radical (unpaired) electrons. The Bertz CT molecular complexity index is 1110. The van der Waals surface area contributed by atoms with Gasteiger partial charge >= 0.3 is 0 Å². The molecule has 3 heterocycles. The second-order valence-electron chi connectivity index (χ2n) is 8.71. The standard InChI is InChI=1S/C24H27N5O2S/c1-24(2,3)22(30)27-16-11-10-15(14-19(16)31-4)29-21(18-9-7-13-26-18)20(28-23(29)32)17-8-5-6-12-25-17/h5-14,20-21,26H,1-4H3,(H,27,30)(H,28,32)/t20-,21+/m1/s1. The fourth-order valence-electron chi connectivity index (χ4n) is 3.72. The van der Waals surface area contributed by atoms with Gasteiger partial charge in [0.2, 0.25) is 5.91 Å². The molecule has 1 aliphatic rings. The maximum atomic E-state index is 12.5. The highest BCUT2D eigenvalue weighted by Gasteiger charge is 2.41. The first-order valence-electron chi connectivity index (χ1n) is 10.4. The number of nitrogens with zero attached hydrogens (tertiary/aromatic N) is 2. The number of rotatable bonds is 5. The smallest absolute Gasteiger partial charge is 0.229 e. The maximum absolute atomic E-state index is 12.5. The maximum Gasteiger partial charge on any atom is 0.229 e. The Kier molecular flexibility index (Phi) is 5.88. The molecule has 1 aromatic carbocycles. The normalized spacial score (nSPS) is 18.4. The van der Waals surface area contributed by atoms with E-state index < -0.39 is 5.41 Å². The Morgan fingerprint density at radius 2 is 2.00 bits per heavy atom. The minimum Gasteiger partial charge on any atom is -0.494 e. The van der Waals surface area contributed by atoms with Gasteiger partial charge in [0, 0.05) is 35.3 Å². The van der Waals surface area contributed by atoms with E-state index in [2.05, 4.69) is 25.5 Å². The third-order valence-electron chi connectivity index (χ3n) is 5.43. The van der Waals surface area contributed by atoms with Crippen LogP contribution in [0.15, 0.2) is 60.9 Å². The van der Waals surface area contributed by atoms with Crippen LogP contribution in [0, 0.1) is 5.41 Å². The highest BCUT2D eigenvalue weighted by atomic mass is 32.1. The molecule has 0 spiro atoms. The monoisotopic (exact) mass is 449 g/mol. The van der Waals surface area contributed by atoms with E-state index in [9.17, 15) is 4.79 Å². The third kappa shape index (κ3) is 4.18. The van der Waals surface area contributed by atoms with Gasteiger partial charge in [-0.15, -0.1) is 0 Å². The molecular formula is C24H27N5O2S. The van der Waals surface area contributed by atoms with Crippen molar-refractivity contribution in [3.8, 4) is 5.75 Å². The first kappa shape index (κ1) is 21.8. The van der Waals surface area contributed by atoms with Crippen LogP contribution in [-0.4, -0.2) is 28.1 Å². The number of nitrogens with one attached hydrogen (secondary N) is 3. The zero-order valence-electron chi connectivity index (χ0n) is 18.5. The molecule has 3 N–H and O–H groups in total. The summed E-state index contributed by atoms with van der Waals surface area (Å²) < 4.78 is 5.61. The molecule has 0 aliphatic carbocycles. The van der Waals surface area contributed by atoms with E-state index >= 15 is 0 Å². The van der Waals surface area contributed by atoms with Crippen LogP contribution in [0.1, 0.15) is 44.2 Å². The Hall–Kier alpha value is -3.39. The van der Waals surface area contributed by atoms with Crippen molar-refractivity contribution in [2.75, 3.05) is 17.3 Å². The van der Waals surface area contributed by atoms with E-state index in [1.54, 1.807) is 13.3 Å². The molecule has 0 bridgehead atoms. The van der Waals surface area contributed by atoms with Crippen LogP contribution in [0.25, 0.3) is 0 Å². The summed E-state index contributed by atoms with van der Waals surface area (Å²) in [5, 5.41) is 6.97. The topological polar surface area (TPSA) is 82.3 Å². The molecular weight excluding hydrogens is 422 g/mol. The largest absolute Gasteiger partial charge is 0.494 e. The van der Waals surface area contributed by atoms with Crippen LogP contribution in [-0.2, 0) is 4.79 Å². The van der Waals surface area contributed by atoms with E-state index in [-0.39, 0.29) is 18.0 Å². The lowest BCUT2D eigenvalue weighted by Gasteiger charge is -2.28. The van der Waals surface area contributed by atoms with Crippen molar-refractivity contribution >= 4 is 34.6 Å². The summed E-state index contributed by atoms with van der Waals surface area (Å²) in [5.41, 5.74) is 2.87. The number of hydrogen-bond acceptors (Lipinski definition) is 4. The molecule has 0 unspecified atom stereocenters. The molecule has 1 saturated heterocycles. The van der Waals surface area contributed by atoms with Crippen LogP contribution in [0.3, 0.4) is 0 Å². The quantitative estimate of drug-likeness (QED) is 0.495. The van der Waals surface area contributed by atoms with E-state index in [0.29, 0.717) is 16.5 Å². The molecule has 8 heteroatoms. The Balaban J connectivity index is 1.72. The molecule has 166 valence electrons. The highest BCUT2D eigenvalue weighted by Crippen LogP contribution is 2.42. The van der Waals surface area contributed by atoms with Gasteiger partial charge < -0.3 is 25.3 Å². The molecule has 0 saturated carbocycles. The van der Waals surface area contributed by atoms with Gasteiger partial charge in [0.05, 0.1) is 24.5 Å². The van der Waals surface area contributed by atoms with E-state index in [0.717, 1.165) is 17.1 Å². The number of carbonyl (C=O) groups is 1. The zero-order valence-corrected chi connectivity index (χ0v) is 19.4. The average molecular weight is 450 g/mol. The Morgan fingerprint density at radius 3 is 2.62 bits per heavy atom. The summed E-state index contributed by atoms with van der Waals surface area (Å²) in [4.78, 5) is 22.4. The van der Waals surface area contributed by atoms with Gasteiger partial charge in [0.25, 0.3) is 0 Å². The predicted octanol–water partition coefficient (Wildman–Crippen LogP) is 4.58. The summed E-state index contributed by atoms with van der Waals surface area (Å²) in [6.45, 7) is 5.61.